The number of ether oxygens (including phenoxy) is 3. The molecule has 1 amide bonds. The Hall–Kier alpha value is -3.58. The monoisotopic (exact) mass is 525 g/mol. The van der Waals surface area contributed by atoms with E-state index in [1.54, 1.807) is 33.6 Å². The van der Waals surface area contributed by atoms with Crippen molar-refractivity contribution < 1.29 is 23.4 Å². The first-order valence-corrected chi connectivity index (χ1v) is 13.0. The molecule has 9 nitrogen and oxygen atoms in total. The maximum Gasteiger partial charge on any atom is 0.410 e. The molecule has 2 atom stereocenters. The number of carbonyl (C=O) groups is 1. The van der Waals surface area contributed by atoms with Crippen molar-refractivity contribution in [2.24, 2.45) is 7.05 Å². The zero-order chi connectivity index (χ0) is 27.6. The maximum absolute atomic E-state index is 15.6. The molecule has 0 bridgehead atoms. The van der Waals surface area contributed by atoms with Crippen LogP contribution in [0.15, 0.2) is 18.3 Å². The number of rotatable bonds is 7. The van der Waals surface area contributed by atoms with Gasteiger partial charge in [-0.3, -0.25) is 0 Å². The van der Waals surface area contributed by atoms with E-state index in [0.717, 1.165) is 19.3 Å². The summed E-state index contributed by atoms with van der Waals surface area (Å²) in [7, 11) is 1.72. The number of likely N-dealkylation sites (N-methyl/N-ethyl adjacent to an activating group) is 1. The lowest BCUT2D eigenvalue weighted by molar-refractivity contribution is -0.0367. The summed E-state index contributed by atoms with van der Waals surface area (Å²) in [6.07, 6.45) is 9.00. The van der Waals surface area contributed by atoms with E-state index in [1.807, 2.05) is 34.6 Å². The van der Waals surface area contributed by atoms with Gasteiger partial charge in [-0.05, 0) is 65.9 Å². The topological polar surface area (TPSA) is 83.6 Å². The molecular formula is C28H36FN5O4. The summed E-state index contributed by atoms with van der Waals surface area (Å²) in [5.41, 5.74) is 1.18. The first kappa shape index (κ1) is 27.5. The molecule has 0 radical (unpaired) electrons. The molecule has 1 saturated heterocycles. The second-order valence-electron chi connectivity index (χ2n) is 10.5. The fourth-order valence-electron chi connectivity index (χ4n) is 4.55. The average Bonchev–Trinajstić information content (AvgIpc) is 3.41. The normalized spacial score (nSPS) is 16.7. The number of amides is 1. The van der Waals surface area contributed by atoms with Crippen molar-refractivity contribution in [3.05, 3.63) is 29.8 Å². The summed E-state index contributed by atoms with van der Waals surface area (Å²) in [5, 5.41) is 9.52. The molecule has 4 rings (SSSR count). The smallest absolute Gasteiger partial charge is 0.410 e. The quantitative estimate of drug-likeness (QED) is 0.390. The molecule has 2 unspecified atom stereocenters. The number of fused-ring (bicyclic) bond motifs is 1. The van der Waals surface area contributed by atoms with Crippen molar-refractivity contribution in [1.82, 2.24) is 24.5 Å². The van der Waals surface area contributed by atoms with Crippen LogP contribution in [-0.2, 0) is 16.5 Å². The Bertz CT molecular complexity index is 1340. The minimum atomic E-state index is -0.603. The lowest BCUT2D eigenvalue weighted by Gasteiger charge is -2.28. The van der Waals surface area contributed by atoms with Crippen molar-refractivity contribution in [2.75, 3.05) is 19.7 Å². The summed E-state index contributed by atoms with van der Waals surface area (Å²) in [5.74, 6) is 2.55. The van der Waals surface area contributed by atoms with Gasteiger partial charge in [0.25, 0.3) is 0 Å². The van der Waals surface area contributed by atoms with E-state index in [4.69, 9.17) is 20.6 Å². The highest BCUT2D eigenvalue weighted by molar-refractivity contribution is 5.90. The van der Waals surface area contributed by atoms with E-state index in [9.17, 15) is 4.79 Å². The Labute approximate surface area is 222 Å². The van der Waals surface area contributed by atoms with Gasteiger partial charge < -0.3 is 19.1 Å². The summed E-state index contributed by atoms with van der Waals surface area (Å²) in [6, 6.07) is 3.14. The molecule has 1 aliphatic rings. The third kappa shape index (κ3) is 5.78. The molecule has 3 heterocycles. The Balaban J connectivity index is 1.63. The number of hydrogen-bond acceptors (Lipinski definition) is 6. The third-order valence-corrected chi connectivity index (χ3v) is 6.36. The third-order valence-electron chi connectivity index (χ3n) is 6.36. The fraction of sp³-hybridized carbons (Fsp3) is 0.536. The molecule has 1 aromatic carbocycles. The van der Waals surface area contributed by atoms with Gasteiger partial charge in [-0.15, -0.1) is 6.42 Å². The molecule has 2 aromatic heterocycles. The molecule has 204 valence electrons. The highest BCUT2D eigenvalue weighted by atomic mass is 19.1. The summed E-state index contributed by atoms with van der Waals surface area (Å²) in [4.78, 5) is 14.1. The van der Waals surface area contributed by atoms with Gasteiger partial charge in [0.1, 0.15) is 23.2 Å². The van der Waals surface area contributed by atoms with Crippen molar-refractivity contribution in [3.63, 3.8) is 0 Å². The van der Waals surface area contributed by atoms with Gasteiger partial charge in [0, 0.05) is 37.2 Å². The van der Waals surface area contributed by atoms with Gasteiger partial charge in [-0.25, -0.2) is 18.5 Å². The van der Waals surface area contributed by atoms with Crippen LogP contribution in [0.2, 0.25) is 0 Å². The van der Waals surface area contributed by atoms with Crippen molar-refractivity contribution in [3.8, 4) is 29.4 Å². The Morgan fingerprint density at radius 3 is 2.74 bits per heavy atom. The molecule has 1 aliphatic heterocycles. The van der Waals surface area contributed by atoms with E-state index in [-0.39, 0.29) is 12.8 Å². The highest BCUT2D eigenvalue weighted by Crippen LogP contribution is 2.37. The van der Waals surface area contributed by atoms with E-state index in [2.05, 4.69) is 16.1 Å². The van der Waals surface area contributed by atoms with Crippen LogP contribution in [-0.4, -0.2) is 62.0 Å². The van der Waals surface area contributed by atoms with Crippen LogP contribution in [0.4, 0.5) is 9.18 Å². The predicted octanol–water partition coefficient (Wildman–Crippen LogP) is 5.28. The number of terminal acetylenes is 1. The lowest BCUT2D eigenvalue weighted by atomic mass is 10.0. The summed E-state index contributed by atoms with van der Waals surface area (Å²) < 4.78 is 36.4. The Morgan fingerprint density at radius 2 is 2.11 bits per heavy atom. The van der Waals surface area contributed by atoms with E-state index >= 15 is 4.39 Å². The number of halogens is 1. The van der Waals surface area contributed by atoms with E-state index < -0.39 is 23.6 Å². The Kier molecular flexibility index (Phi) is 7.97. The van der Waals surface area contributed by atoms with Crippen LogP contribution >= 0.6 is 0 Å². The number of aryl methyl sites for hydroxylation is 1. The molecule has 0 N–H and O–H groups in total. The van der Waals surface area contributed by atoms with Crippen LogP contribution in [0.1, 0.15) is 65.8 Å². The second kappa shape index (κ2) is 11.0. The van der Waals surface area contributed by atoms with Crippen LogP contribution in [0.3, 0.4) is 0 Å². The van der Waals surface area contributed by atoms with Gasteiger partial charge in [-0.1, -0.05) is 0 Å². The molecule has 0 saturated carbocycles. The minimum absolute atomic E-state index is 0.275. The minimum Gasteiger partial charge on any atom is -0.472 e. The molecule has 10 heteroatoms. The molecular weight excluding hydrogens is 489 g/mol. The highest BCUT2D eigenvalue weighted by Gasteiger charge is 2.26. The van der Waals surface area contributed by atoms with E-state index in [1.165, 1.54) is 6.07 Å². The summed E-state index contributed by atoms with van der Waals surface area (Å²) >= 11 is 0. The zero-order valence-electron chi connectivity index (χ0n) is 23.0. The zero-order valence-corrected chi connectivity index (χ0v) is 23.0. The van der Waals surface area contributed by atoms with Crippen molar-refractivity contribution in [2.45, 2.75) is 71.8 Å². The number of carbonyl (C=O) groups excluding carboxylic acids is 1. The first-order chi connectivity index (χ1) is 18.0. The fourth-order valence-corrected chi connectivity index (χ4v) is 4.55. The number of hydrogen-bond donors (Lipinski definition) is 0. The summed E-state index contributed by atoms with van der Waals surface area (Å²) in [6.45, 7) is 10.6. The van der Waals surface area contributed by atoms with Gasteiger partial charge in [0.2, 0.25) is 5.88 Å². The van der Waals surface area contributed by atoms with Crippen molar-refractivity contribution >= 4 is 17.0 Å². The maximum atomic E-state index is 15.6. The van der Waals surface area contributed by atoms with Gasteiger partial charge in [0.15, 0.2) is 6.23 Å². The predicted molar refractivity (Wildman–Crippen MR) is 142 cm³/mol. The van der Waals surface area contributed by atoms with Crippen LogP contribution in [0.5, 0.6) is 5.88 Å². The molecule has 1 fully saturated rings. The second-order valence-corrected chi connectivity index (χ2v) is 10.5. The largest absolute Gasteiger partial charge is 0.472 e. The lowest BCUT2D eigenvalue weighted by Crippen LogP contribution is -2.41. The molecule has 0 aliphatic carbocycles. The first-order valence-electron chi connectivity index (χ1n) is 13.0. The van der Waals surface area contributed by atoms with Crippen LogP contribution < -0.4 is 4.74 Å². The average molecular weight is 526 g/mol. The SMILES string of the molecule is C#Cc1nn(C2CCCCO2)c2cc(F)c(-c3cnn(C)c3OC(C)CN(CC)C(=O)OC(C)(C)C)cc12. The number of nitrogens with zero attached hydrogens (tertiary/aromatic N) is 5. The molecule has 38 heavy (non-hydrogen) atoms. The Morgan fingerprint density at radius 1 is 1.34 bits per heavy atom. The van der Waals surface area contributed by atoms with Gasteiger partial charge >= 0.3 is 6.09 Å². The molecule has 0 spiro atoms. The van der Waals surface area contributed by atoms with Crippen LogP contribution in [0, 0.1) is 18.2 Å². The standard InChI is InChI=1S/C28H36FN5O4/c1-8-23-20-14-19(22(29)15-24(20)34(31-23)25-12-10-11-13-36-25)21-16-30-32(7)26(21)37-18(3)17-33(9-2)27(35)38-28(4,5)6/h1,14-16,18,25H,9-13,17H2,2-7H3. The van der Waals surface area contributed by atoms with Gasteiger partial charge in [-0.2, -0.15) is 10.2 Å². The number of benzene rings is 1. The van der Waals surface area contributed by atoms with Gasteiger partial charge in [0.05, 0.1) is 23.8 Å². The number of aromatic nitrogens is 4. The van der Waals surface area contributed by atoms with Crippen LogP contribution in [0.25, 0.3) is 22.0 Å². The van der Waals surface area contributed by atoms with E-state index in [0.29, 0.717) is 46.8 Å². The molecule has 3 aromatic rings. The van der Waals surface area contributed by atoms with Crippen molar-refractivity contribution in [1.29, 1.82) is 0 Å².